The number of likely N-dealkylation sites (tertiary alicyclic amines) is 1. The zero-order valence-electron chi connectivity index (χ0n) is 15.5. The molecule has 142 valence electrons. The van der Waals surface area contributed by atoms with E-state index in [1.54, 1.807) is 16.7 Å². The Hall–Kier alpha value is -1.79. The van der Waals surface area contributed by atoms with Gasteiger partial charge < -0.3 is 19.9 Å². The molecule has 0 aromatic rings. The number of nitrogens with zero attached hydrogens (tertiary/aromatic N) is 2. The van der Waals surface area contributed by atoms with Crippen molar-refractivity contribution < 1.29 is 19.1 Å². The normalized spacial score (nSPS) is 19.4. The lowest BCUT2D eigenvalue weighted by Crippen LogP contribution is -2.52. The zero-order chi connectivity index (χ0) is 18.2. The second-order valence-electron chi connectivity index (χ2n) is 6.97. The van der Waals surface area contributed by atoms with E-state index in [0.717, 1.165) is 25.7 Å². The van der Waals surface area contributed by atoms with Gasteiger partial charge in [-0.05, 0) is 32.6 Å². The first-order chi connectivity index (χ1) is 12.0. The Balaban J connectivity index is 1.83. The van der Waals surface area contributed by atoms with E-state index in [4.69, 9.17) is 4.74 Å². The lowest BCUT2D eigenvalue weighted by Gasteiger charge is -2.37. The minimum absolute atomic E-state index is 0.000261. The van der Waals surface area contributed by atoms with Crippen LogP contribution in [0.5, 0.6) is 0 Å². The number of hydrogen-bond donors (Lipinski definition) is 1. The number of rotatable bonds is 5. The van der Waals surface area contributed by atoms with E-state index in [0.29, 0.717) is 32.5 Å². The molecular weight excluding hydrogens is 322 g/mol. The van der Waals surface area contributed by atoms with Crippen molar-refractivity contribution in [2.45, 2.75) is 70.9 Å². The van der Waals surface area contributed by atoms with Crippen molar-refractivity contribution in [1.29, 1.82) is 0 Å². The molecule has 1 aliphatic carbocycles. The van der Waals surface area contributed by atoms with E-state index in [9.17, 15) is 14.4 Å². The monoisotopic (exact) mass is 353 g/mol. The van der Waals surface area contributed by atoms with Crippen molar-refractivity contribution >= 4 is 17.9 Å². The summed E-state index contributed by atoms with van der Waals surface area (Å²) in [7, 11) is 0. The number of nitrogens with one attached hydrogen (secondary N) is 1. The maximum absolute atomic E-state index is 12.3. The van der Waals surface area contributed by atoms with E-state index in [1.165, 1.54) is 13.3 Å². The highest BCUT2D eigenvalue weighted by atomic mass is 16.6. The summed E-state index contributed by atoms with van der Waals surface area (Å²) in [5, 5.41) is 3.07. The SMILES string of the molecule is CCOC(=O)N1CCC(N(CC(=O)NC2CCCCC2)C(C)=O)CC1. The lowest BCUT2D eigenvalue weighted by molar-refractivity contribution is -0.137. The van der Waals surface area contributed by atoms with Gasteiger partial charge in [0.25, 0.3) is 0 Å². The highest BCUT2D eigenvalue weighted by molar-refractivity contribution is 5.84. The molecule has 25 heavy (non-hydrogen) atoms. The molecule has 2 aliphatic rings. The van der Waals surface area contributed by atoms with Crippen LogP contribution in [0, 0.1) is 0 Å². The van der Waals surface area contributed by atoms with Gasteiger partial charge in [-0.1, -0.05) is 19.3 Å². The van der Waals surface area contributed by atoms with Crippen molar-refractivity contribution in [3.8, 4) is 0 Å². The highest BCUT2D eigenvalue weighted by Gasteiger charge is 2.30. The van der Waals surface area contributed by atoms with Gasteiger partial charge in [0.05, 0.1) is 13.2 Å². The summed E-state index contributed by atoms with van der Waals surface area (Å²) < 4.78 is 5.02. The summed E-state index contributed by atoms with van der Waals surface area (Å²) >= 11 is 0. The predicted octanol–water partition coefficient (Wildman–Crippen LogP) is 1.90. The van der Waals surface area contributed by atoms with Gasteiger partial charge in [-0.15, -0.1) is 0 Å². The molecule has 2 fully saturated rings. The topological polar surface area (TPSA) is 79.0 Å². The fourth-order valence-corrected chi connectivity index (χ4v) is 3.75. The van der Waals surface area contributed by atoms with Crippen LogP contribution < -0.4 is 5.32 Å². The third-order valence-electron chi connectivity index (χ3n) is 5.12. The van der Waals surface area contributed by atoms with Gasteiger partial charge in [0.1, 0.15) is 0 Å². The van der Waals surface area contributed by atoms with E-state index in [-0.39, 0.29) is 36.5 Å². The summed E-state index contributed by atoms with van der Waals surface area (Å²) in [6.45, 7) is 4.86. The van der Waals surface area contributed by atoms with Crippen LogP contribution in [-0.4, -0.2) is 66.0 Å². The van der Waals surface area contributed by atoms with Crippen LogP contribution in [0.3, 0.4) is 0 Å². The molecule has 0 bridgehead atoms. The van der Waals surface area contributed by atoms with Crippen LogP contribution in [-0.2, 0) is 14.3 Å². The number of carbonyl (C=O) groups excluding carboxylic acids is 3. The van der Waals surface area contributed by atoms with Crippen LogP contribution in [0.2, 0.25) is 0 Å². The Kier molecular flexibility index (Phi) is 7.52. The molecular formula is C18H31N3O4. The summed E-state index contributed by atoms with van der Waals surface area (Å²) in [6, 6.07) is 0.251. The van der Waals surface area contributed by atoms with Crippen molar-refractivity contribution in [2.24, 2.45) is 0 Å². The van der Waals surface area contributed by atoms with Crippen molar-refractivity contribution in [3.05, 3.63) is 0 Å². The standard InChI is InChI=1S/C18H31N3O4/c1-3-25-18(24)20-11-9-16(10-12-20)21(14(2)22)13-17(23)19-15-7-5-4-6-8-15/h15-16H,3-13H2,1-2H3,(H,19,23). The molecule has 1 aliphatic heterocycles. The summed E-state index contributed by atoms with van der Waals surface area (Å²) in [5.41, 5.74) is 0. The molecule has 3 amide bonds. The number of amides is 3. The number of hydrogen-bond acceptors (Lipinski definition) is 4. The predicted molar refractivity (Wildman–Crippen MR) is 94.0 cm³/mol. The van der Waals surface area contributed by atoms with Gasteiger partial charge in [-0.2, -0.15) is 0 Å². The first kappa shape index (κ1) is 19.5. The molecule has 1 saturated heterocycles. The Morgan fingerprint density at radius 2 is 1.72 bits per heavy atom. The zero-order valence-corrected chi connectivity index (χ0v) is 15.5. The molecule has 0 atom stereocenters. The van der Waals surface area contributed by atoms with Gasteiger partial charge in [0, 0.05) is 32.1 Å². The van der Waals surface area contributed by atoms with E-state index < -0.39 is 0 Å². The lowest BCUT2D eigenvalue weighted by atomic mass is 9.95. The average Bonchev–Trinajstić information content (AvgIpc) is 2.61. The maximum atomic E-state index is 12.3. The molecule has 1 saturated carbocycles. The van der Waals surface area contributed by atoms with Gasteiger partial charge in [-0.25, -0.2) is 4.79 Å². The van der Waals surface area contributed by atoms with Gasteiger partial charge in [-0.3, -0.25) is 9.59 Å². The maximum Gasteiger partial charge on any atom is 0.409 e. The van der Waals surface area contributed by atoms with Gasteiger partial charge in [0.15, 0.2) is 0 Å². The van der Waals surface area contributed by atoms with Crippen LogP contribution in [0.25, 0.3) is 0 Å². The minimum atomic E-state index is -0.301. The highest BCUT2D eigenvalue weighted by Crippen LogP contribution is 2.19. The second kappa shape index (κ2) is 9.63. The number of piperidine rings is 1. The van der Waals surface area contributed by atoms with Crippen LogP contribution >= 0.6 is 0 Å². The molecule has 7 nitrogen and oxygen atoms in total. The van der Waals surface area contributed by atoms with Gasteiger partial charge in [0.2, 0.25) is 11.8 Å². The van der Waals surface area contributed by atoms with Crippen LogP contribution in [0.1, 0.15) is 58.8 Å². The fourth-order valence-electron chi connectivity index (χ4n) is 3.75. The molecule has 0 unspecified atom stereocenters. The van der Waals surface area contributed by atoms with Crippen molar-refractivity contribution in [3.63, 3.8) is 0 Å². The van der Waals surface area contributed by atoms with E-state index in [2.05, 4.69) is 5.32 Å². The molecule has 0 aromatic heterocycles. The molecule has 0 radical (unpaired) electrons. The molecule has 7 heteroatoms. The molecule has 0 aromatic carbocycles. The van der Waals surface area contributed by atoms with Crippen molar-refractivity contribution in [1.82, 2.24) is 15.1 Å². The average molecular weight is 353 g/mol. The summed E-state index contributed by atoms with van der Waals surface area (Å²) in [5.74, 6) is -0.164. The third kappa shape index (κ3) is 5.90. The van der Waals surface area contributed by atoms with E-state index >= 15 is 0 Å². The Morgan fingerprint density at radius 3 is 2.28 bits per heavy atom. The summed E-state index contributed by atoms with van der Waals surface area (Å²) in [4.78, 5) is 39.5. The molecule has 0 spiro atoms. The Morgan fingerprint density at radius 1 is 1.08 bits per heavy atom. The first-order valence-electron chi connectivity index (χ1n) is 9.49. The Bertz CT molecular complexity index is 469. The van der Waals surface area contributed by atoms with Crippen molar-refractivity contribution in [2.75, 3.05) is 26.2 Å². The number of carbonyl (C=O) groups is 3. The molecule has 2 rings (SSSR count). The second-order valence-corrected chi connectivity index (χ2v) is 6.97. The quantitative estimate of drug-likeness (QED) is 0.819. The van der Waals surface area contributed by atoms with Crippen LogP contribution in [0.15, 0.2) is 0 Å². The fraction of sp³-hybridized carbons (Fsp3) is 0.833. The summed E-state index contributed by atoms with van der Waals surface area (Å²) in [6.07, 6.45) is 6.68. The Labute approximate surface area is 150 Å². The largest absolute Gasteiger partial charge is 0.450 e. The van der Waals surface area contributed by atoms with Gasteiger partial charge >= 0.3 is 6.09 Å². The smallest absolute Gasteiger partial charge is 0.409 e. The van der Waals surface area contributed by atoms with Crippen LogP contribution in [0.4, 0.5) is 4.79 Å². The molecule has 1 heterocycles. The minimum Gasteiger partial charge on any atom is -0.450 e. The third-order valence-corrected chi connectivity index (χ3v) is 5.12. The molecule has 1 N–H and O–H groups in total. The van der Waals surface area contributed by atoms with E-state index in [1.807, 2.05) is 0 Å². The number of ether oxygens (including phenoxy) is 1. The first-order valence-corrected chi connectivity index (χ1v) is 9.49.